The molecule has 13 nitrogen and oxygen atoms in total. The van der Waals surface area contributed by atoms with Gasteiger partial charge in [-0.05, 0) is 62.4 Å². The molecule has 2 aliphatic rings. The monoisotopic (exact) mass is 613 g/mol. The summed E-state index contributed by atoms with van der Waals surface area (Å²) in [7, 11) is -2.11. The fraction of sp³-hybridized carbons (Fsp3) is 0.333. The minimum Gasteiger partial charge on any atom is -0.496 e. The number of aromatic nitrogens is 7. The van der Waals surface area contributed by atoms with E-state index in [0.29, 0.717) is 29.7 Å². The summed E-state index contributed by atoms with van der Waals surface area (Å²) in [6.45, 7) is 1.98. The van der Waals surface area contributed by atoms with Crippen LogP contribution in [0.4, 0.5) is 5.82 Å². The molecule has 2 bridgehead atoms. The molecule has 1 unspecified atom stereocenters. The molecule has 14 heteroatoms. The maximum atomic E-state index is 13.2. The summed E-state index contributed by atoms with van der Waals surface area (Å²) in [6, 6.07) is 9.61. The average Bonchev–Trinajstić information content (AvgIpc) is 3.75. The van der Waals surface area contributed by atoms with Crippen LogP contribution >= 0.6 is 0 Å². The van der Waals surface area contributed by atoms with Gasteiger partial charge in [0.15, 0.2) is 15.5 Å². The highest BCUT2D eigenvalue weighted by Gasteiger charge is 2.46. The second kappa shape index (κ2) is 10.4. The highest BCUT2D eigenvalue weighted by atomic mass is 32.2. The molecule has 3 N–H and O–H groups in total. The molecule has 7 rings (SSSR count). The molecule has 6 heterocycles. The number of sulfone groups is 1. The Balaban J connectivity index is 1.26. The Bertz CT molecular complexity index is 1990. The Morgan fingerprint density at radius 1 is 1.09 bits per heavy atom. The summed E-state index contributed by atoms with van der Waals surface area (Å²) in [5, 5.41) is 12.1. The van der Waals surface area contributed by atoms with Crippen LogP contribution in [0.5, 0.6) is 5.75 Å². The van der Waals surface area contributed by atoms with Gasteiger partial charge in [0.1, 0.15) is 22.8 Å². The third kappa shape index (κ3) is 4.56. The van der Waals surface area contributed by atoms with Crippen molar-refractivity contribution in [3.05, 3.63) is 66.1 Å². The van der Waals surface area contributed by atoms with E-state index in [-0.39, 0.29) is 40.4 Å². The summed E-state index contributed by atoms with van der Waals surface area (Å²) in [6.07, 6.45) is 8.65. The van der Waals surface area contributed by atoms with Crippen molar-refractivity contribution in [2.24, 2.45) is 0 Å². The number of aryl methyl sites for hydroxylation is 1. The number of carbonyl (C=O) groups excluding carboxylic acids is 1. The molecule has 0 saturated carbocycles. The number of benzene rings is 1. The van der Waals surface area contributed by atoms with Crippen LogP contribution in [0, 0.1) is 6.92 Å². The molecule has 4 aromatic heterocycles. The molecule has 0 aliphatic carbocycles. The zero-order chi connectivity index (χ0) is 30.7. The molecule has 0 spiro atoms. The van der Waals surface area contributed by atoms with E-state index in [4.69, 9.17) is 20.4 Å². The minimum absolute atomic E-state index is 0.0117. The van der Waals surface area contributed by atoms with Crippen LogP contribution in [0.25, 0.3) is 28.0 Å². The first kappa shape index (κ1) is 28.0. The van der Waals surface area contributed by atoms with Gasteiger partial charge in [-0.15, -0.1) is 10.2 Å². The smallest absolute Gasteiger partial charge is 0.292 e. The predicted octanol–water partition coefficient (Wildman–Crippen LogP) is 3.43. The van der Waals surface area contributed by atoms with E-state index in [1.807, 2.05) is 42.2 Å². The third-order valence-corrected chi connectivity index (χ3v) is 9.93. The Hall–Kier alpha value is -4.85. The number of amides is 1. The molecule has 1 amide bonds. The van der Waals surface area contributed by atoms with Gasteiger partial charge in [-0.3, -0.25) is 9.78 Å². The second-order valence-electron chi connectivity index (χ2n) is 11.5. The number of nitrogen functional groups attached to an aromatic ring is 1. The molecule has 2 saturated heterocycles. The number of anilines is 1. The minimum atomic E-state index is -3.76. The van der Waals surface area contributed by atoms with Crippen LogP contribution in [0.2, 0.25) is 0 Å². The number of fused-ring (bicyclic) bond motifs is 3. The predicted molar refractivity (Wildman–Crippen MR) is 162 cm³/mol. The quantitative estimate of drug-likeness (QED) is 0.289. The Morgan fingerprint density at radius 3 is 2.45 bits per heavy atom. The number of rotatable bonds is 6. The first-order valence-electron chi connectivity index (χ1n) is 14.3. The zero-order valence-corrected chi connectivity index (χ0v) is 25.2. The van der Waals surface area contributed by atoms with Gasteiger partial charge in [0.2, 0.25) is 5.82 Å². The highest BCUT2D eigenvalue weighted by molar-refractivity contribution is 7.91. The number of aromatic amines is 1. The lowest BCUT2D eigenvalue weighted by Gasteiger charge is -2.38. The lowest BCUT2D eigenvalue weighted by Crippen LogP contribution is -2.46. The van der Waals surface area contributed by atoms with Gasteiger partial charge in [0, 0.05) is 47.1 Å². The van der Waals surface area contributed by atoms with Crippen molar-refractivity contribution in [3.8, 4) is 28.1 Å². The number of hydrogen-bond acceptors (Lipinski definition) is 10. The van der Waals surface area contributed by atoms with E-state index < -0.39 is 9.84 Å². The van der Waals surface area contributed by atoms with Crippen LogP contribution in [0.1, 0.15) is 53.5 Å². The number of hydrogen-bond donors (Lipinski definition) is 2. The number of H-pyrrole nitrogens is 1. The Labute approximate surface area is 253 Å². The van der Waals surface area contributed by atoms with Crippen LogP contribution in [0.15, 0.2) is 53.9 Å². The number of nitrogens with zero attached hydrogens (tertiary/aromatic N) is 7. The van der Waals surface area contributed by atoms with Crippen LogP contribution in [-0.2, 0) is 9.84 Å². The van der Waals surface area contributed by atoms with E-state index in [1.165, 1.54) is 10.8 Å². The van der Waals surface area contributed by atoms with Gasteiger partial charge in [-0.25, -0.2) is 13.4 Å². The number of pyridine rings is 1. The highest BCUT2D eigenvalue weighted by Crippen LogP contribution is 2.45. The van der Waals surface area contributed by atoms with Crippen molar-refractivity contribution in [1.82, 2.24) is 39.7 Å². The van der Waals surface area contributed by atoms with Gasteiger partial charge >= 0.3 is 0 Å². The van der Waals surface area contributed by atoms with Gasteiger partial charge in [0.05, 0.1) is 24.7 Å². The van der Waals surface area contributed by atoms with Gasteiger partial charge in [-0.1, -0.05) is 6.07 Å². The molecule has 0 radical (unpaired) electrons. The zero-order valence-electron chi connectivity index (χ0n) is 24.4. The fourth-order valence-electron chi connectivity index (χ4n) is 6.80. The number of nitrogens with two attached hydrogens (primary N) is 1. The van der Waals surface area contributed by atoms with E-state index in [0.717, 1.165) is 47.2 Å². The van der Waals surface area contributed by atoms with Crippen molar-refractivity contribution < 1.29 is 17.9 Å². The third-order valence-electron chi connectivity index (χ3n) is 8.77. The van der Waals surface area contributed by atoms with E-state index in [2.05, 4.69) is 20.3 Å². The maximum absolute atomic E-state index is 13.2. The first-order chi connectivity index (χ1) is 21.1. The molecule has 2 fully saturated rings. The van der Waals surface area contributed by atoms with E-state index in [9.17, 15) is 13.2 Å². The number of carbonyl (C=O) groups is 1. The van der Waals surface area contributed by atoms with Gasteiger partial charge < -0.3 is 20.4 Å². The van der Waals surface area contributed by atoms with Crippen molar-refractivity contribution in [1.29, 1.82) is 0 Å². The summed E-state index contributed by atoms with van der Waals surface area (Å²) in [5.41, 5.74) is 11.6. The molecule has 226 valence electrons. The number of piperidine rings is 1. The fourth-order valence-corrected chi connectivity index (χ4v) is 7.86. The molecule has 5 aromatic rings. The lowest BCUT2D eigenvalue weighted by molar-refractivity contribution is 0.0556. The summed E-state index contributed by atoms with van der Waals surface area (Å²) < 4.78 is 33.0. The normalized spacial score (nSPS) is 19.9. The molecule has 3 atom stereocenters. The molecule has 2 aliphatic heterocycles. The Morgan fingerprint density at radius 2 is 1.84 bits per heavy atom. The molecular formula is C30H31N9O4S. The lowest BCUT2D eigenvalue weighted by atomic mass is 9.87. The first-order valence-corrected chi connectivity index (χ1v) is 16.2. The average molecular weight is 614 g/mol. The van der Waals surface area contributed by atoms with Crippen molar-refractivity contribution in [3.63, 3.8) is 0 Å². The van der Waals surface area contributed by atoms with Gasteiger partial charge in [0.25, 0.3) is 5.91 Å². The van der Waals surface area contributed by atoms with E-state index in [1.54, 1.807) is 19.5 Å². The molecule has 44 heavy (non-hydrogen) atoms. The van der Waals surface area contributed by atoms with Gasteiger partial charge in [-0.2, -0.15) is 9.61 Å². The second-order valence-corrected chi connectivity index (χ2v) is 13.4. The summed E-state index contributed by atoms with van der Waals surface area (Å²) in [5.74, 6) is 0.615. The SMILES string of the molecule is COc1ccc(-c2ccc(-c3cnn4c(N)c(S(C)(=O)=O)c([C@@H]5CC6CC[C@@H](C5)N6C(=O)c5nnc[nH]5)nc34)cn2)cc1C. The van der Waals surface area contributed by atoms with E-state index >= 15 is 0 Å². The maximum Gasteiger partial charge on any atom is 0.292 e. The van der Waals surface area contributed by atoms with Crippen LogP contribution in [0.3, 0.4) is 0 Å². The van der Waals surface area contributed by atoms with Crippen LogP contribution in [-0.4, -0.2) is 79.4 Å². The molecular weight excluding hydrogens is 582 g/mol. The Kier molecular flexibility index (Phi) is 6.61. The van der Waals surface area contributed by atoms with Crippen molar-refractivity contribution in [2.75, 3.05) is 19.1 Å². The number of nitrogens with one attached hydrogen (secondary N) is 1. The molecule has 1 aromatic carbocycles. The van der Waals surface area contributed by atoms with Crippen molar-refractivity contribution >= 4 is 27.2 Å². The van der Waals surface area contributed by atoms with Crippen LogP contribution < -0.4 is 10.5 Å². The largest absolute Gasteiger partial charge is 0.496 e. The number of ether oxygens (including phenoxy) is 1. The summed E-state index contributed by atoms with van der Waals surface area (Å²) >= 11 is 0. The van der Waals surface area contributed by atoms with Crippen molar-refractivity contribution in [2.45, 2.75) is 55.5 Å². The topological polar surface area (TPSA) is 174 Å². The number of methoxy groups -OCH3 is 1. The summed E-state index contributed by atoms with van der Waals surface area (Å²) in [4.78, 5) is 27.5. The standard InChI is InChI=1S/C30H31N9O4S/c1-16-10-17(5-9-24(16)43-2)23-8-4-18(13-32-23)22-14-35-39-27(31)26(44(3,41)42)25(36-29(22)39)19-11-20-6-7-21(12-19)38(20)30(40)28-33-15-34-37-28/h4-5,8-10,13-15,19-21H,6-7,11-12,31H2,1-3H3,(H,33,34,37)/t19-,20-,21?/m0/s1.